The van der Waals surface area contributed by atoms with Crippen molar-refractivity contribution in [2.45, 2.75) is 31.7 Å². The number of amides is 3. The third-order valence-electron chi connectivity index (χ3n) is 5.73. The second-order valence-corrected chi connectivity index (χ2v) is 8.05. The molecule has 9 heteroatoms. The molecule has 1 aliphatic carbocycles. The topological polar surface area (TPSA) is 125 Å². The number of carbonyl (C=O) groups excluding carboxylic acids is 3. The van der Waals surface area contributed by atoms with Crippen LogP contribution in [0.3, 0.4) is 0 Å². The number of hydrogen-bond acceptors (Lipinski definition) is 5. The number of nitrogens with zero attached hydrogens (tertiary/aromatic N) is 1. The summed E-state index contributed by atoms with van der Waals surface area (Å²) >= 11 is 0. The van der Waals surface area contributed by atoms with Gasteiger partial charge in [0.2, 0.25) is 11.8 Å². The molecule has 0 aromatic heterocycles. The van der Waals surface area contributed by atoms with Crippen LogP contribution in [0.2, 0.25) is 0 Å². The van der Waals surface area contributed by atoms with Crippen molar-refractivity contribution >= 4 is 23.9 Å². The van der Waals surface area contributed by atoms with Crippen LogP contribution in [0.25, 0.3) is 11.1 Å². The molecule has 1 unspecified atom stereocenters. The molecule has 0 spiro atoms. The van der Waals surface area contributed by atoms with Crippen molar-refractivity contribution in [1.29, 1.82) is 0 Å². The lowest BCUT2D eigenvalue weighted by Gasteiger charge is -2.26. The number of carboxylic acids is 1. The number of aliphatic carboxylic acids is 1. The molecule has 3 N–H and O–H groups in total. The first-order chi connectivity index (χ1) is 16.3. The second kappa shape index (κ2) is 11.3. The number of hydrogen-bond donors (Lipinski definition) is 3. The Hall–Kier alpha value is -3.88. The zero-order valence-corrected chi connectivity index (χ0v) is 19.2. The van der Waals surface area contributed by atoms with Crippen molar-refractivity contribution < 1.29 is 29.0 Å². The van der Waals surface area contributed by atoms with Gasteiger partial charge in [-0.1, -0.05) is 55.5 Å². The third kappa shape index (κ3) is 5.72. The van der Waals surface area contributed by atoms with Crippen LogP contribution in [0.4, 0.5) is 4.79 Å². The van der Waals surface area contributed by atoms with Crippen LogP contribution in [0, 0.1) is 0 Å². The highest BCUT2D eigenvalue weighted by Crippen LogP contribution is 2.44. The molecular weight excluding hydrogens is 438 g/mol. The van der Waals surface area contributed by atoms with Gasteiger partial charge in [0.15, 0.2) is 0 Å². The molecule has 0 aliphatic heterocycles. The molecule has 0 bridgehead atoms. The lowest BCUT2D eigenvalue weighted by molar-refractivity contribution is -0.143. The number of fused-ring (bicyclic) bond motifs is 3. The van der Waals surface area contributed by atoms with E-state index >= 15 is 0 Å². The van der Waals surface area contributed by atoms with E-state index in [1.807, 2.05) is 55.5 Å². The van der Waals surface area contributed by atoms with Gasteiger partial charge in [0.1, 0.15) is 12.6 Å². The Balaban J connectivity index is 1.70. The maximum Gasteiger partial charge on any atom is 0.407 e. The molecule has 0 heterocycles. The van der Waals surface area contributed by atoms with E-state index in [1.54, 1.807) is 0 Å². The average Bonchev–Trinajstić information content (AvgIpc) is 3.15. The van der Waals surface area contributed by atoms with Gasteiger partial charge >= 0.3 is 12.1 Å². The Morgan fingerprint density at radius 3 is 2.15 bits per heavy atom. The van der Waals surface area contributed by atoms with Crippen LogP contribution >= 0.6 is 0 Å². The minimum Gasteiger partial charge on any atom is -0.481 e. The summed E-state index contributed by atoms with van der Waals surface area (Å²) in [5.74, 6) is -2.47. The normalized spacial score (nSPS) is 12.8. The van der Waals surface area contributed by atoms with Crippen molar-refractivity contribution in [3.63, 3.8) is 0 Å². The number of benzene rings is 2. The van der Waals surface area contributed by atoms with E-state index < -0.39 is 36.3 Å². The van der Waals surface area contributed by atoms with Gasteiger partial charge < -0.3 is 25.4 Å². The van der Waals surface area contributed by atoms with Crippen LogP contribution in [0.15, 0.2) is 48.5 Å². The Morgan fingerprint density at radius 2 is 1.62 bits per heavy atom. The van der Waals surface area contributed by atoms with Crippen LogP contribution < -0.4 is 10.6 Å². The standard InChI is InChI=1S/C25H29N3O6/c1-3-12-28(14-22(29)26-2)24(32)21(13-23(30)31)27-25(33)34-15-20-18-10-6-4-8-16(18)17-9-5-7-11-19(17)20/h4-11,20-21H,3,12-15H2,1-2H3,(H,26,29)(H,27,33)(H,30,31). The predicted octanol–water partition coefficient (Wildman–Crippen LogP) is 2.35. The van der Waals surface area contributed by atoms with Gasteiger partial charge in [-0.05, 0) is 28.7 Å². The molecule has 2 aromatic rings. The van der Waals surface area contributed by atoms with E-state index in [2.05, 4.69) is 10.6 Å². The Kier molecular flexibility index (Phi) is 8.24. The van der Waals surface area contributed by atoms with Crippen molar-refractivity contribution in [2.75, 3.05) is 26.7 Å². The summed E-state index contributed by atoms with van der Waals surface area (Å²) in [7, 11) is 1.45. The second-order valence-electron chi connectivity index (χ2n) is 8.05. The summed E-state index contributed by atoms with van der Waals surface area (Å²) in [6, 6.07) is 14.4. The molecule has 1 aliphatic rings. The van der Waals surface area contributed by atoms with Gasteiger partial charge in [-0.3, -0.25) is 14.4 Å². The molecule has 180 valence electrons. The SMILES string of the molecule is CCCN(CC(=O)NC)C(=O)C(CC(=O)O)NC(=O)OCC1c2ccccc2-c2ccccc21. The fourth-order valence-electron chi connectivity index (χ4n) is 4.17. The van der Waals surface area contributed by atoms with Crippen LogP contribution in [0.5, 0.6) is 0 Å². The Labute approximate surface area is 198 Å². The summed E-state index contributed by atoms with van der Waals surface area (Å²) in [6.07, 6.45) is -0.956. The minimum absolute atomic E-state index is 0.0325. The smallest absolute Gasteiger partial charge is 0.407 e. The highest BCUT2D eigenvalue weighted by Gasteiger charge is 2.32. The predicted molar refractivity (Wildman–Crippen MR) is 125 cm³/mol. The highest BCUT2D eigenvalue weighted by molar-refractivity contribution is 5.92. The zero-order valence-electron chi connectivity index (χ0n) is 19.2. The largest absolute Gasteiger partial charge is 0.481 e. The molecule has 2 aromatic carbocycles. The molecule has 0 saturated carbocycles. The maximum absolute atomic E-state index is 13.0. The van der Waals surface area contributed by atoms with E-state index in [-0.39, 0.29) is 25.6 Å². The lowest BCUT2D eigenvalue weighted by Crippen LogP contribution is -2.52. The summed E-state index contributed by atoms with van der Waals surface area (Å²) in [4.78, 5) is 49.9. The van der Waals surface area contributed by atoms with Crippen molar-refractivity contribution in [3.05, 3.63) is 59.7 Å². The van der Waals surface area contributed by atoms with Crippen molar-refractivity contribution in [2.24, 2.45) is 0 Å². The van der Waals surface area contributed by atoms with Crippen LogP contribution in [-0.2, 0) is 19.1 Å². The molecule has 3 amide bonds. The number of carbonyl (C=O) groups is 4. The third-order valence-corrected chi connectivity index (χ3v) is 5.73. The first-order valence-electron chi connectivity index (χ1n) is 11.2. The average molecular weight is 468 g/mol. The van der Waals surface area contributed by atoms with E-state index in [4.69, 9.17) is 4.74 Å². The Morgan fingerprint density at radius 1 is 1.03 bits per heavy atom. The molecule has 9 nitrogen and oxygen atoms in total. The number of likely N-dealkylation sites (N-methyl/N-ethyl adjacent to an activating group) is 1. The van der Waals surface area contributed by atoms with Crippen LogP contribution in [0.1, 0.15) is 36.8 Å². The van der Waals surface area contributed by atoms with Crippen molar-refractivity contribution in [3.8, 4) is 11.1 Å². The van der Waals surface area contributed by atoms with E-state index in [9.17, 15) is 24.3 Å². The Bertz CT molecular complexity index is 1020. The van der Waals surface area contributed by atoms with Gasteiger partial charge in [-0.2, -0.15) is 0 Å². The van der Waals surface area contributed by atoms with Gasteiger partial charge in [0.05, 0.1) is 13.0 Å². The number of nitrogens with one attached hydrogen (secondary N) is 2. The first kappa shape index (κ1) is 24.8. The number of carboxylic acid groups (broad SMARTS) is 1. The summed E-state index contributed by atoms with van der Waals surface area (Å²) in [5, 5.41) is 14.1. The molecule has 34 heavy (non-hydrogen) atoms. The first-order valence-corrected chi connectivity index (χ1v) is 11.2. The van der Waals surface area contributed by atoms with Gasteiger partial charge in [0, 0.05) is 19.5 Å². The number of alkyl carbamates (subject to hydrolysis) is 1. The fourth-order valence-corrected chi connectivity index (χ4v) is 4.17. The minimum atomic E-state index is -1.36. The van der Waals surface area contributed by atoms with Gasteiger partial charge in [-0.25, -0.2) is 4.79 Å². The highest BCUT2D eigenvalue weighted by atomic mass is 16.5. The molecule has 1 atom stereocenters. The zero-order chi connectivity index (χ0) is 24.7. The molecule has 3 rings (SSSR count). The van der Waals surface area contributed by atoms with Crippen molar-refractivity contribution in [1.82, 2.24) is 15.5 Å². The van der Waals surface area contributed by atoms with E-state index in [0.29, 0.717) is 6.42 Å². The lowest BCUT2D eigenvalue weighted by atomic mass is 9.98. The summed E-state index contributed by atoms with van der Waals surface area (Å²) in [6.45, 7) is 1.88. The number of ether oxygens (including phenoxy) is 1. The van der Waals surface area contributed by atoms with E-state index in [1.165, 1.54) is 11.9 Å². The number of rotatable bonds is 10. The van der Waals surface area contributed by atoms with Gasteiger partial charge in [-0.15, -0.1) is 0 Å². The quantitative estimate of drug-likeness (QED) is 0.493. The summed E-state index contributed by atoms with van der Waals surface area (Å²) in [5.41, 5.74) is 4.23. The van der Waals surface area contributed by atoms with Crippen LogP contribution in [-0.4, -0.2) is 66.7 Å². The summed E-state index contributed by atoms with van der Waals surface area (Å²) < 4.78 is 5.45. The van der Waals surface area contributed by atoms with Gasteiger partial charge in [0.25, 0.3) is 0 Å². The molecule has 0 fully saturated rings. The fraction of sp³-hybridized carbons (Fsp3) is 0.360. The molecular formula is C25H29N3O6. The monoisotopic (exact) mass is 467 g/mol. The molecule has 0 radical (unpaired) electrons. The maximum atomic E-state index is 13.0. The van der Waals surface area contributed by atoms with E-state index in [0.717, 1.165) is 22.3 Å². The molecule has 0 saturated heterocycles.